The van der Waals surface area contributed by atoms with Gasteiger partial charge in [0.25, 0.3) is 0 Å². The summed E-state index contributed by atoms with van der Waals surface area (Å²) in [6.45, 7) is 4.85. The van der Waals surface area contributed by atoms with Gasteiger partial charge < -0.3 is 14.8 Å². The van der Waals surface area contributed by atoms with Crippen LogP contribution in [-0.4, -0.2) is 51.0 Å². The first kappa shape index (κ1) is 15.2. The first-order valence-corrected chi connectivity index (χ1v) is 8.74. The molecule has 0 bridgehead atoms. The van der Waals surface area contributed by atoms with Crippen molar-refractivity contribution in [2.45, 2.75) is 61.9 Å². The van der Waals surface area contributed by atoms with Crippen molar-refractivity contribution in [1.82, 2.24) is 5.32 Å². The summed E-state index contributed by atoms with van der Waals surface area (Å²) in [7, 11) is -1.33. The molecule has 5 nitrogen and oxygen atoms in total. The van der Waals surface area contributed by atoms with Crippen molar-refractivity contribution in [3.63, 3.8) is 0 Å². The Labute approximate surface area is 116 Å². The number of nitrogens with one attached hydrogen (secondary N) is 1. The number of hydrogen-bond donors (Lipinski definition) is 1. The maximum Gasteiger partial charge on any atom is 0.169 e. The number of ether oxygens (including phenoxy) is 2. The maximum absolute atomic E-state index is 12.7. The highest BCUT2D eigenvalue weighted by atomic mass is 32.2. The van der Waals surface area contributed by atoms with Gasteiger partial charge in [-0.05, 0) is 26.8 Å². The molecule has 0 radical (unpaired) electrons. The molecule has 0 aromatic heterocycles. The molecule has 3 unspecified atom stereocenters. The van der Waals surface area contributed by atoms with Crippen LogP contribution >= 0.6 is 0 Å². The van der Waals surface area contributed by atoms with E-state index in [1.54, 1.807) is 6.92 Å². The van der Waals surface area contributed by atoms with Gasteiger partial charge in [0.05, 0.1) is 23.7 Å². The minimum atomic E-state index is -3.16. The van der Waals surface area contributed by atoms with Crippen molar-refractivity contribution in [1.29, 1.82) is 0 Å². The van der Waals surface area contributed by atoms with Gasteiger partial charge >= 0.3 is 0 Å². The normalized spacial score (nSPS) is 32.6. The summed E-state index contributed by atoms with van der Waals surface area (Å²) >= 11 is 0. The van der Waals surface area contributed by atoms with Gasteiger partial charge in [-0.25, -0.2) is 8.42 Å². The molecule has 112 valence electrons. The lowest BCUT2D eigenvalue weighted by atomic mass is 9.89. The summed E-state index contributed by atoms with van der Waals surface area (Å²) in [5.41, 5.74) is 0. The predicted molar refractivity (Wildman–Crippen MR) is 73.8 cm³/mol. The monoisotopic (exact) mass is 291 g/mol. The second-order valence-electron chi connectivity index (χ2n) is 5.59. The standard InChI is InChI=1S/C13H25NO4S/c1-4-10(2)19(15,16)12-9-13(17-7-8-18-13)6-5-11(12)14-3/h10-12,14H,4-9H2,1-3H3. The fourth-order valence-corrected chi connectivity index (χ4v) is 5.36. The summed E-state index contributed by atoms with van der Waals surface area (Å²) in [5.74, 6) is -0.654. The van der Waals surface area contributed by atoms with Crippen LogP contribution in [0.4, 0.5) is 0 Å². The molecule has 1 heterocycles. The lowest BCUT2D eigenvalue weighted by Crippen LogP contribution is -2.54. The molecular formula is C13H25NO4S. The lowest BCUT2D eigenvalue weighted by molar-refractivity contribution is -0.178. The minimum Gasteiger partial charge on any atom is -0.347 e. The smallest absolute Gasteiger partial charge is 0.169 e. The van der Waals surface area contributed by atoms with E-state index < -0.39 is 20.9 Å². The topological polar surface area (TPSA) is 64.6 Å². The average Bonchev–Trinajstić information content (AvgIpc) is 2.86. The van der Waals surface area contributed by atoms with Crippen LogP contribution in [0.5, 0.6) is 0 Å². The molecule has 1 N–H and O–H groups in total. The Kier molecular flexibility index (Phi) is 4.55. The molecule has 2 aliphatic rings. The summed E-state index contributed by atoms with van der Waals surface area (Å²) in [4.78, 5) is 0. The molecule has 1 aliphatic carbocycles. The van der Waals surface area contributed by atoms with Crippen molar-refractivity contribution in [3.8, 4) is 0 Å². The zero-order chi connectivity index (χ0) is 14.1. The van der Waals surface area contributed by atoms with Crippen molar-refractivity contribution >= 4 is 9.84 Å². The Morgan fingerprint density at radius 2 is 2.00 bits per heavy atom. The fourth-order valence-electron chi connectivity index (χ4n) is 3.08. The van der Waals surface area contributed by atoms with E-state index in [2.05, 4.69) is 5.32 Å². The van der Waals surface area contributed by atoms with Gasteiger partial charge in [-0.3, -0.25) is 0 Å². The maximum atomic E-state index is 12.7. The molecule has 3 atom stereocenters. The average molecular weight is 291 g/mol. The molecule has 0 aromatic carbocycles. The van der Waals surface area contributed by atoms with E-state index in [9.17, 15) is 8.42 Å². The third kappa shape index (κ3) is 2.82. The van der Waals surface area contributed by atoms with Crippen molar-refractivity contribution in [3.05, 3.63) is 0 Å². The van der Waals surface area contributed by atoms with Crippen molar-refractivity contribution in [2.24, 2.45) is 0 Å². The molecule has 1 aliphatic heterocycles. The van der Waals surface area contributed by atoms with E-state index in [1.807, 2.05) is 14.0 Å². The van der Waals surface area contributed by atoms with Gasteiger partial charge in [-0.1, -0.05) is 6.92 Å². The highest BCUT2D eigenvalue weighted by Gasteiger charge is 2.49. The van der Waals surface area contributed by atoms with E-state index in [1.165, 1.54) is 0 Å². The molecule has 1 saturated carbocycles. The predicted octanol–water partition coefficient (Wildman–Crippen LogP) is 1.08. The summed E-state index contributed by atoms with van der Waals surface area (Å²) in [6, 6.07) is -0.00238. The van der Waals surface area contributed by atoms with Crippen molar-refractivity contribution in [2.75, 3.05) is 20.3 Å². The largest absolute Gasteiger partial charge is 0.347 e. The Hall–Kier alpha value is -0.170. The SMILES string of the molecule is CCC(C)S(=O)(=O)C1CC2(CCC1NC)OCCO2. The molecular weight excluding hydrogens is 266 g/mol. The molecule has 1 saturated heterocycles. The minimum absolute atomic E-state index is 0.00238. The Morgan fingerprint density at radius 1 is 1.37 bits per heavy atom. The van der Waals surface area contributed by atoms with E-state index in [0.29, 0.717) is 26.1 Å². The Balaban J connectivity index is 2.23. The molecule has 0 amide bonds. The van der Waals surface area contributed by atoms with Crippen molar-refractivity contribution < 1.29 is 17.9 Å². The summed E-state index contributed by atoms with van der Waals surface area (Å²) in [6.07, 6.45) is 2.64. The first-order valence-electron chi connectivity index (χ1n) is 7.13. The van der Waals surface area contributed by atoms with Crippen LogP contribution in [0.1, 0.15) is 39.5 Å². The zero-order valence-corrected chi connectivity index (χ0v) is 12.8. The van der Waals surface area contributed by atoms with Crippen LogP contribution in [0.15, 0.2) is 0 Å². The molecule has 6 heteroatoms. The van der Waals surface area contributed by atoms with Crippen LogP contribution in [0.2, 0.25) is 0 Å². The van der Waals surface area contributed by atoms with Crippen LogP contribution < -0.4 is 5.32 Å². The highest BCUT2D eigenvalue weighted by Crippen LogP contribution is 2.39. The summed E-state index contributed by atoms with van der Waals surface area (Å²) < 4.78 is 36.7. The van der Waals surface area contributed by atoms with Crippen LogP contribution in [0.3, 0.4) is 0 Å². The van der Waals surface area contributed by atoms with Gasteiger partial charge in [0, 0.05) is 18.9 Å². The quantitative estimate of drug-likeness (QED) is 0.840. The zero-order valence-electron chi connectivity index (χ0n) is 12.0. The van der Waals surface area contributed by atoms with Gasteiger partial charge in [-0.2, -0.15) is 0 Å². The Bertz CT molecular complexity index is 403. The second-order valence-corrected chi connectivity index (χ2v) is 8.18. The van der Waals surface area contributed by atoms with Gasteiger partial charge in [-0.15, -0.1) is 0 Å². The second kappa shape index (κ2) is 5.68. The number of rotatable bonds is 4. The number of sulfone groups is 1. The van der Waals surface area contributed by atoms with Crippen LogP contribution in [0, 0.1) is 0 Å². The van der Waals surface area contributed by atoms with Gasteiger partial charge in [0.15, 0.2) is 15.6 Å². The van der Waals surface area contributed by atoms with E-state index >= 15 is 0 Å². The van der Waals surface area contributed by atoms with E-state index in [4.69, 9.17) is 9.47 Å². The third-order valence-corrected chi connectivity index (χ3v) is 7.33. The highest BCUT2D eigenvalue weighted by molar-refractivity contribution is 7.92. The summed E-state index contributed by atoms with van der Waals surface area (Å²) in [5, 5.41) is 2.42. The molecule has 2 fully saturated rings. The van der Waals surface area contributed by atoms with E-state index in [-0.39, 0.29) is 11.3 Å². The van der Waals surface area contributed by atoms with Crippen LogP contribution in [0.25, 0.3) is 0 Å². The molecule has 19 heavy (non-hydrogen) atoms. The molecule has 2 rings (SSSR count). The van der Waals surface area contributed by atoms with Gasteiger partial charge in [0.2, 0.25) is 0 Å². The van der Waals surface area contributed by atoms with E-state index in [0.717, 1.165) is 12.8 Å². The first-order chi connectivity index (χ1) is 8.95. The lowest BCUT2D eigenvalue weighted by Gasteiger charge is -2.41. The Morgan fingerprint density at radius 3 is 2.53 bits per heavy atom. The van der Waals surface area contributed by atoms with Gasteiger partial charge in [0.1, 0.15) is 0 Å². The third-order valence-electron chi connectivity index (χ3n) is 4.54. The number of hydrogen-bond acceptors (Lipinski definition) is 5. The fraction of sp³-hybridized carbons (Fsp3) is 1.00. The molecule has 0 aromatic rings. The molecule has 1 spiro atoms. The van der Waals surface area contributed by atoms with Crippen LogP contribution in [-0.2, 0) is 19.3 Å².